The van der Waals surface area contributed by atoms with Crippen molar-refractivity contribution in [2.45, 2.75) is 25.9 Å². The van der Waals surface area contributed by atoms with Crippen LogP contribution in [-0.2, 0) is 0 Å². The van der Waals surface area contributed by atoms with Crippen molar-refractivity contribution >= 4 is 28.4 Å². The largest absolute Gasteiger partial charge is 0.368 e. The molecule has 3 saturated heterocycles. The lowest BCUT2D eigenvalue weighted by molar-refractivity contribution is 0.108. The van der Waals surface area contributed by atoms with Crippen LogP contribution in [0.25, 0.3) is 10.9 Å². The molecule has 0 saturated carbocycles. The number of piperazine rings is 3. The lowest BCUT2D eigenvalue weighted by Gasteiger charge is -2.51. The molecule has 3 aliphatic heterocycles. The summed E-state index contributed by atoms with van der Waals surface area (Å²) < 4.78 is 0. The number of nitrogens with zero attached hydrogens (tertiary/aromatic N) is 8. The SMILES string of the molecule is Cc1cc(N2CCN3[C@@H](C2)CN(c2ccc(C#N)c4ncccc24)C[C@H]3C)nc(N2CCNCC2)n1. The Morgan fingerprint density at radius 2 is 1.81 bits per heavy atom. The second kappa shape index (κ2) is 9.52. The van der Waals surface area contributed by atoms with E-state index in [9.17, 15) is 5.26 Å². The van der Waals surface area contributed by atoms with Crippen molar-refractivity contribution in [1.82, 2.24) is 25.2 Å². The third kappa shape index (κ3) is 4.21. The summed E-state index contributed by atoms with van der Waals surface area (Å²) in [5.41, 5.74) is 3.60. The Kier molecular flexibility index (Phi) is 6.07. The first-order chi connectivity index (χ1) is 17.6. The fourth-order valence-electron chi connectivity index (χ4n) is 6.00. The summed E-state index contributed by atoms with van der Waals surface area (Å²) in [6.07, 6.45) is 1.77. The number of rotatable bonds is 3. The van der Waals surface area contributed by atoms with Crippen molar-refractivity contribution in [3.05, 3.63) is 47.8 Å². The molecule has 36 heavy (non-hydrogen) atoms. The van der Waals surface area contributed by atoms with Crippen LogP contribution in [0.15, 0.2) is 36.5 Å². The Morgan fingerprint density at radius 3 is 2.64 bits per heavy atom. The van der Waals surface area contributed by atoms with Crippen molar-refractivity contribution < 1.29 is 0 Å². The maximum atomic E-state index is 9.56. The van der Waals surface area contributed by atoms with Gasteiger partial charge in [-0.3, -0.25) is 9.88 Å². The normalized spacial score (nSPS) is 23.0. The molecule has 0 unspecified atom stereocenters. The average molecular weight is 484 g/mol. The Bertz CT molecular complexity index is 1300. The van der Waals surface area contributed by atoms with Crippen molar-refractivity contribution in [3.63, 3.8) is 0 Å². The number of fused-ring (bicyclic) bond motifs is 2. The number of nitrogens with one attached hydrogen (secondary N) is 1. The maximum absolute atomic E-state index is 9.56. The summed E-state index contributed by atoms with van der Waals surface area (Å²) in [4.78, 5) is 24.2. The van der Waals surface area contributed by atoms with Gasteiger partial charge in [0.05, 0.1) is 11.1 Å². The van der Waals surface area contributed by atoms with E-state index in [-0.39, 0.29) is 0 Å². The molecule has 0 radical (unpaired) electrons. The first-order valence-corrected chi connectivity index (χ1v) is 13.0. The lowest BCUT2D eigenvalue weighted by Crippen LogP contribution is -2.65. The van der Waals surface area contributed by atoms with E-state index in [2.05, 4.69) is 68.0 Å². The zero-order valence-corrected chi connectivity index (χ0v) is 21.1. The van der Waals surface area contributed by atoms with Crippen LogP contribution >= 0.6 is 0 Å². The molecule has 0 amide bonds. The number of anilines is 3. The zero-order valence-electron chi connectivity index (χ0n) is 21.1. The number of hydrogen-bond acceptors (Lipinski definition) is 9. The van der Waals surface area contributed by atoms with Crippen LogP contribution in [0.3, 0.4) is 0 Å². The van der Waals surface area contributed by atoms with Crippen LogP contribution in [0.2, 0.25) is 0 Å². The molecule has 5 heterocycles. The van der Waals surface area contributed by atoms with Crippen LogP contribution < -0.4 is 20.0 Å². The van der Waals surface area contributed by atoms with Gasteiger partial charge in [0.2, 0.25) is 5.95 Å². The Morgan fingerprint density at radius 1 is 0.972 bits per heavy atom. The quantitative estimate of drug-likeness (QED) is 0.601. The summed E-state index contributed by atoms with van der Waals surface area (Å²) in [6.45, 7) is 13.1. The molecule has 1 aromatic carbocycles. The number of aryl methyl sites for hydroxylation is 1. The molecular weight excluding hydrogens is 450 g/mol. The molecule has 0 aliphatic carbocycles. The van der Waals surface area contributed by atoms with E-state index in [1.165, 1.54) is 5.69 Å². The van der Waals surface area contributed by atoms with Gasteiger partial charge in [0.15, 0.2) is 0 Å². The number of pyridine rings is 1. The number of aromatic nitrogens is 3. The van der Waals surface area contributed by atoms with Gasteiger partial charge in [0, 0.05) is 100 Å². The van der Waals surface area contributed by atoms with Crippen molar-refractivity contribution in [3.8, 4) is 6.07 Å². The Balaban J connectivity index is 1.26. The van der Waals surface area contributed by atoms with Gasteiger partial charge in [-0.2, -0.15) is 10.2 Å². The van der Waals surface area contributed by atoms with E-state index >= 15 is 0 Å². The molecule has 0 spiro atoms. The molecule has 3 aliphatic rings. The van der Waals surface area contributed by atoms with Crippen molar-refractivity contribution in [2.24, 2.45) is 0 Å². The standard InChI is InChI=1S/C27H33N9/c1-19-14-25(32-27(31-19)33-10-8-29-9-11-33)34-12-13-36-20(2)16-35(18-22(36)17-34)24-6-5-21(15-28)26-23(24)4-3-7-30-26/h3-7,14,20,22,29H,8-13,16-18H2,1-2H3/t20-,22+/m1/s1. The van der Waals surface area contributed by atoms with E-state index in [0.29, 0.717) is 17.6 Å². The van der Waals surface area contributed by atoms with Crippen LogP contribution in [0, 0.1) is 18.3 Å². The fourth-order valence-corrected chi connectivity index (χ4v) is 6.00. The van der Waals surface area contributed by atoms with E-state index in [1.54, 1.807) is 6.20 Å². The van der Waals surface area contributed by atoms with Crippen LogP contribution in [0.1, 0.15) is 18.2 Å². The molecule has 186 valence electrons. The van der Waals surface area contributed by atoms with E-state index in [0.717, 1.165) is 87.3 Å². The summed E-state index contributed by atoms with van der Waals surface area (Å²) in [5, 5.41) is 14.0. The first-order valence-electron chi connectivity index (χ1n) is 13.0. The number of nitriles is 1. The molecule has 6 rings (SSSR count). The lowest BCUT2D eigenvalue weighted by atomic mass is 10.0. The highest BCUT2D eigenvalue weighted by Crippen LogP contribution is 2.32. The third-order valence-corrected chi connectivity index (χ3v) is 7.77. The smallest absolute Gasteiger partial charge is 0.227 e. The topological polar surface area (TPSA) is 87.5 Å². The van der Waals surface area contributed by atoms with Gasteiger partial charge in [-0.05, 0) is 38.1 Å². The van der Waals surface area contributed by atoms with E-state index < -0.39 is 0 Å². The highest BCUT2D eigenvalue weighted by Gasteiger charge is 2.37. The number of hydrogen-bond donors (Lipinski definition) is 1. The highest BCUT2D eigenvalue weighted by atomic mass is 15.4. The predicted molar refractivity (Wildman–Crippen MR) is 143 cm³/mol. The summed E-state index contributed by atoms with van der Waals surface area (Å²) in [6, 6.07) is 13.3. The molecule has 1 N–H and O–H groups in total. The van der Waals surface area contributed by atoms with Gasteiger partial charge in [-0.25, -0.2) is 4.98 Å². The molecule has 0 bridgehead atoms. The Labute approximate surface area is 212 Å². The zero-order chi connectivity index (χ0) is 24.6. The van der Waals surface area contributed by atoms with E-state index in [1.807, 2.05) is 12.1 Å². The summed E-state index contributed by atoms with van der Waals surface area (Å²) in [5.74, 6) is 1.89. The molecule has 2 atom stereocenters. The van der Waals surface area contributed by atoms with Crippen LogP contribution in [0.5, 0.6) is 0 Å². The van der Waals surface area contributed by atoms with Crippen LogP contribution in [-0.4, -0.2) is 90.8 Å². The monoisotopic (exact) mass is 483 g/mol. The van der Waals surface area contributed by atoms with Crippen molar-refractivity contribution in [1.29, 1.82) is 5.26 Å². The van der Waals surface area contributed by atoms with Gasteiger partial charge in [-0.15, -0.1) is 0 Å². The molecule has 9 heteroatoms. The molecule has 3 aromatic rings. The minimum Gasteiger partial charge on any atom is -0.368 e. The minimum absolute atomic E-state index is 0.391. The average Bonchev–Trinajstić information content (AvgIpc) is 2.92. The maximum Gasteiger partial charge on any atom is 0.227 e. The molecular formula is C27H33N9. The second-order valence-electron chi connectivity index (χ2n) is 10.1. The highest BCUT2D eigenvalue weighted by molar-refractivity contribution is 5.95. The molecule has 2 aromatic heterocycles. The van der Waals surface area contributed by atoms with E-state index in [4.69, 9.17) is 9.97 Å². The molecule has 3 fully saturated rings. The summed E-state index contributed by atoms with van der Waals surface area (Å²) >= 11 is 0. The van der Waals surface area contributed by atoms with Gasteiger partial charge < -0.3 is 20.0 Å². The molecule has 9 nitrogen and oxygen atoms in total. The van der Waals surface area contributed by atoms with Crippen LogP contribution in [0.4, 0.5) is 17.5 Å². The minimum atomic E-state index is 0.391. The third-order valence-electron chi connectivity index (χ3n) is 7.77. The first kappa shape index (κ1) is 23.0. The number of benzene rings is 1. The van der Waals surface area contributed by atoms with Gasteiger partial charge >= 0.3 is 0 Å². The second-order valence-corrected chi connectivity index (χ2v) is 10.1. The van der Waals surface area contributed by atoms with Gasteiger partial charge in [0.25, 0.3) is 0 Å². The van der Waals surface area contributed by atoms with Gasteiger partial charge in [0.1, 0.15) is 11.9 Å². The van der Waals surface area contributed by atoms with Gasteiger partial charge in [-0.1, -0.05) is 0 Å². The summed E-state index contributed by atoms with van der Waals surface area (Å²) in [7, 11) is 0. The predicted octanol–water partition coefficient (Wildman–Crippen LogP) is 2.01. The Hall–Kier alpha value is -3.48. The van der Waals surface area contributed by atoms with Crippen molar-refractivity contribution in [2.75, 3.05) is 73.6 Å². The fraction of sp³-hybridized carbons (Fsp3) is 0.481.